The Morgan fingerprint density at radius 2 is 1.70 bits per heavy atom. The predicted molar refractivity (Wildman–Crippen MR) is 98.6 cm³/mol. The third-order valence-corrected chi connectivity index (χ3v) is 4.71. The summed E-state index contributed by atoms with van der Waals surface area (Å²) in [6.07, 6.45) is -0.944. The van der Waals surface area contributed by atoms with Crippen molar-refractivity contribution in [3.63, 3.8) is 0 Å². The van der Waals surface area contributed by atoms with E-state index < -0.39 is 29.6 Å². The zero-order chi connectivity index (χ0) is 20.5. The number of ether oxygens (including phenoxy) is 1. The molecule has 0 saturated heterocycles. The molecule has 27 heavy (non-hydrogen) atoms. The lowest BCUT2D eigenvalue weighted by atomic mass is 10.0. The molecule has 0 saturated carbocycles. The van der Waals surface area contributed by atoms with Gasteiger partial charge in [-0.3, -0.25) is 4.79 Å². The average molecular weight is 374 g/mol. The quantitative estimate of drug-likeness (QED) is 0.765. The van der Waals surface area contributed by atoms with E-state index in [1.165, 1.54) is 6.92 Å². The number of rotatable bonds is 6. The molecule has 1 amide bonds. The van der Waals surface area contributed by atoms with Crippen LogP contribution in [0.4, 0.5) is 0 Å². The summed E-state index contributed by atoms with van der Waals surface area (Å²) in [5, 5.41) is 14.4. The van der Waals surface area contributed by atoms with Gasteiger partial charge < -0.3 is 24.4 Å². The number of amides is 1. The lowest BCUT2D eigenvalue weighted by Gasteiger charge is -2.25. The van der Waals surface area contributed by atoms with Crippen LogP contribution in [0.3, 0.4) is 0 Å². The highest BCUT2D eigenvalue weighted by Gasteiger charge is 2.23. The van der Waals surface area contributed by atoms with Gasteiger partial charge >= 0.3 is 5.63 Å². The van der Waals surface area contributed by atoms with Crippen LogP contribution in [0.2, 0.25) is 0 Å². The number of fused-ring (bicyclic) bond motifs is 1. The number of carbonyl (C=O) groups excluding carboxylic acids is 2. The lowest BCUT2D eigenvalue weighted by molar-refractivity contribution is -0.309. The molecule has 0 aliphatic carbocycles. The second-order valence-corrected chi connectivity index (χ2v) is 7.01. The second-order valence-electron chi connectivity index (χ2n) is 7.01. The molecule has 0 unspecified atom stereocenters. The van der Waals surface area contributed by atoms with Gasteiger partial charge in [0.25, 0.3) is 5.91 Å². The zero-order valence-electron chi connectivity index (χ0n) is 16.3. The number of carboxylic acids is 1. The Bertz CT molecular complexity index is 944. The molecule has 0 spiro atoms. The number of benzene rings is 1. The van der Waals surface area contributed by atoms with Crippen LogP contribution in [0.5, 0.6) is 5.75 Å². The van der Waals surface area contributed by atoms with E-state index in [2.05, 4.69) is 5.32 Å². The molecule has 0 fully saturated rings. The molecule has 1 N–H and O–H groups in total. The first-order valence-electron chi connectivity index (χ1n) is 8.76. The summed E-state index contributed by atoms with van der Waals surface area (Å²) in [7, 11) is 0. The Morgan fingerprint density at radius 1 is 1.07 bits per heavy atom. The van der Waals surface area contributed by atoms with Crippen molar-refractivity contribution in [2.45, 2.75) is 53.7 Å². The van der Waals surface area contributed by atoms with Crippen molar-refractivity contribution in [3.8, 4) is 5.75 Å². The highest BCUT2D eigenvalue weighted by atomic mass is 16.5. The van der Waals surface area contributed by atoms with Gasteiger partial charge in [0, 0.05) is 16.5 Å². The topological polar surface area (TPSA) is 109 Å². The van der Waals surface area contributed by atoms with Crippen LogP contribution in [0, 0.1) is 26.7 Å². The van der Waals surface area contributed by atoms with Gasteiger partial charge in [0.2, 0.25) is 0 Å². The van der Waals surface area contributed by atoms with Gasteiger partial charge in [0.05, 0.1) is 12.0 Å². The van der Waals surface area contributed by atoms with Crippen LogP contribution in [0.1, 0.15) is 37.5 Å². The Morgan fingerprint density at radius 3 is 2.26 bits per heavy atom. The summed E-state index contributed by atoms with van der Waals surface area (Å²) >= 11 is 0. The molecule has 0 aliphatic rings. The van der Waals surface area contributed by atoms with E-state index in [4.69, 9.17) is 9.15 Å². The van der Waals surface area contributed by atoms with Crippen LogP contribution in [0.25, 0.3) is 11.0 Å². The molecule has 2 rings (SSSR count). The van der Waals surface area contributed by atoms with Crippen LogP contribution >= 0.6 is 0 Å². The van der Waals surface area contributed by atoms with Crippen molar-refractivity contribution in [1.82, 2.24) is 5.32 Å². The Hall–Kier alpha value is -2.83. The summed E-state index contributed by atoms with van der Waals surface area (Å²) in [4.78, 5) is 35.4. The van der Waals surface area contributed by atoms with Crippen molar-refractivity contribution in [1.29, 1.82) is 0 Å². The van der Waals surface area contributed by atoms with Crippen LogP contribution in [-0.2, 0) is 9.59 Å². The normalized spacial score (nSPS) is 13.4. The first kappa shape index (κ1) is 20.5. The highest BCUT2D eigenvalue weighted by molar-refractivity contribution is 5.87. The zero-order valence-corrected chi connectivity index (χ0v) is 16.3. The Kier molecular flexibility index (Phi) is 5.93. The first-order valence-corrected chi connectivity index (χ1v) is 8.76. The number of carbonyl (C=O) groups is 2. The van der Waals surface area contributed by atoms with E-state index in [1.807, 2.05) is 6.92 Å². The standard InChI is InChI=1S/C20H25NO6/c1-9(2)16(19(23)24)21-18(22)13(6)26-15-8-7-14-10(3)11(4)20(25)27-17(14)12(15)5/h7-9,13,16H,1-6H3,(H,21,22)(H,23,24)/p-1/t13-,16-/m0/s1. The second kappa shape index (κ2) is 7.82. The van der Waals surface area contributed by atoms with Crippen molar-refractivity contribution >= 4 is 22.8 Å². The summed E-state index contributed by atoms with van der Waals surface area (Å²) in [5.74, 6) is -1.86. The lowest BCUT2D eigenvalue weighted by Crippen LogP contribution is -2.53. The Balaban J connectivity index is 2.29. The van der Waals surface area contributed by atoms with E-state index in [-0.39, 0.29) is 5.92 Å². The molecule has 1 aromatic carbocycles. The fraction of sp³-hybridized carbons (Fsp3) is 0.450. The average Bonchev–Trinajstić information content (AvgIpc) is 2.59. The van der Waals surface area contributed by atoms with E-state index >= 15 is 0 Å². The van der Waals surface area contributed by atoms with Gasteiger partial charge in [-0.1, -0.05) is 13.8 Å². The Labute approximate surface area is 157 Å². The van der Waals surface area contributed by atoms with Gasteiger partial charge in [-0.2, -0.15) is 0 Å². The van der Waals surface area contributed by atoms with Gasteiger partial charge in [0.1, 0.15) is 11.3 Å². The van der Waals surface area contributed by atoms with E-state index in [0.29, 0.717) is 22.5 Å². The van der Waals surface area contributed by atoms with E-state index in [9.17, 15) is 19.5 Å². The van der Waals surface area contributed by atoms with Gasteiger partial charge in [-0.25, -0.2) is 4.79 Å². The maximum absolute atomic E-state index is 12.3. The third kappa shape index (κ3) is 4.13. The maximum Gasteiger partial charge on any atom is 0.339 e. The number of aliphatic carboxylic acids is 1. The van der Waals surface area contributed by atoms with E-state index in [1.54, 1.807) is 39.8 Å². The van der Waals surface area contributed by atoms with Gasteiger partial charge in [-0.05, 0) is 51.3 Å². The summed E-state index contributed by atoms with van der Waals surface area (Å²) in [5.41, 5.74) is 1.95. The number of aryl methyl sites for hydroxylation is 2. The molecule has 2 aromatic rings. The molecule has 7 nitrogen and oxygen atoms in total. The number of carboxylic acid groups (broad SMARTS) is 1. The fourth-order valence-electron chi connectivity index (χ4n) is 2.76. The summed E-state index contributed by atoms with van der Waals surface area (Å²) in [6.45, 7) is 10.1. The van der Waals surface area contributed by atoms with Crippen molar-refractivity contribution in [3.05, 3.63) is 39.2 Å². The highest BCUT2D eigenvalue weighted by Crippen LogP contribution is 2.29. The third-order valence-electron chi connectivity index (χ3n) is 4.71. The summed E-state index contributed by atoms with van der Waals surface area (Å²) in [6, 6.07) is 2.36. The summed E-state index contributed by atoms with van der Waals surface area (Å²) < 4.78 is 11.1. The molecular weight excluding hydrogens is 350 g/mol. The molecular formula is C20H24NO6-. The molecule has 0 aliphatic heterocycles. The molecule has 1 aromatic heterocycles. The maximum atomic E-state index is 12.3. The van der Waals surface area contributed by atoms with Crippen molar-refractivity contribution in [2.24, 2.45) is 5.92 Å². The molecule has 0 bridgehead atoms. The monoisotopic (exact) mass is 374 g/mol. The minimum Gasteiger partial charge on any atom is -0.548 e. The van der Waals surface area contributed by atoms with Crippen LogP contribution < -0.4 is 20.8 Å². The van der Waals surface area contributed by atoms with Crippen molar-refractivity contribution < 1.29 is 23.8 Å². The van der Waals surface area contributed by atoms with Crippen molar-refractivity contribution in [2.75, 3.05) is 0 Å². The minimum absolute atomic E-state index is 0.325. The molecule has 0 radical (unpaired) electrons. The van der Waals surface area contributed by atoms with Crippen LogP contribution in [0.15, 0.2) is 21.3 Å². The SMILES string of the molecule is Cc1c(C)c2ccc(O[C@@H](C)C(=O)N[C@H](C(=O)[O-])C(C)C)c(C)c2oc1=O. The fourth-order valence-corrected chi connectivity index (χ4v) is 2.76. The number of hydrogen-bond donors (Lipinski definition) is 1. The van der Waals surface area contributed by atoms with Gasteiger partial charge in [0.15, 0.2) is 6.10 Å². The van der Waals surface area contributed by atoms with Crippen LogP contribution in [-0.4, -0.2) is 24.0 Å². The molecule has 1 heterocycles. The number of hydrogen-bond acceptors (Lipinski definition) is 6. The first-order chi connectivity index (χ1) is 12.5. The van der Waals surface area contributed by atoms with E-state index in [0.717, 1.165) is 10.9 Å². The number of nitrogens with one attached hydrogen (secondary N) is 1. The molecule has 7 heteroatoms. The largest absolute Gasteiger partial charge is 0.548 e. The predicted octanol–water partition coefficient (Wildman–Crippen LogP) is 1.38. The molecule has 146 valence electrons. The van der Waals surface area contributed by atoms with Gasteiger partial charge in [-0.15, -0.1) is 0 Å². The smallest absolute Gasteiger partial charge is 0.339 e. The minimum atomic E-state index is -1.35. The molecule has 2 atom stereocenters.